The average Bonchev–Trinajstić information content (AvgIpc) is 2.34. The Kier molecular flexibility index (Phi) is 4.51. The minimum absolute atomic E-state index is 0.106. The first kappa shape index (κ1) is 14.0. The van der Waals surface area contributed by atoms with Crippen LogP contribution in [0.15, 0.2) is 36.7 Å². The van der Waals surface area contributed by atoms with Gasteiger partial charge >= 0.3 is 0 Å². The first-order valence-electron chi connectivity index (χ1n) is 6.21. The number of pyridine rings is 1. The van der Waals surface area contributed by atoms with E-state index in [0.717, 1.165) is 23.2 Å². The van der Waals surface area contributed by atoms with Gasteiger partial charge in [0, 0.05) is 11.2 Å². The number of nitrogens with one attached hydrogen (secondary N) is 1. The van der Waals surface area contributed by atoms with Gasteiger partial charge in [-0.3, -0.25) is 4.98 Å². The number of halogens is 2. The first-order valence-corrected chi connectivity index (χ1v) is 6.59. The Hall–Kier alpha value is -1.45. The van der Waals surface area contributed by atoms with Gasteiger partial charge in [0.25, 0.3) is 0 Å². The molecule has 0 radical (unpaired) electrons. The van der Waals surface area contributed by atoms with Gasteiger partial charge in [-0.1, -0.05) is 24.6 Å². The van der Waals surface area contributed by atoms with E-state index < -0.39 is 0 Å². The normalized spacial score (nSPS) is 12.4. The standard InChI is InChI=1S/C15H16ClFN2/c1-3-19-15(12-7-14(17)9-18-8-12)11-4-10(2)5-13(16)6-11/h4-9,15,19H,3H2,1-2H3. The number of nitrogens with zero attached hydrogens (tertiary/aromatic N) is 1. The minimum Gasteiger partial charge on any atom is -0.306 e. The molecule has 1 unspecified atom stereocenters. The largest absolute Gasteiger partial charge is 0.306 e. The summed E-state index contributed by atoms with van der Waals surface area (Å²) in [5, 5.41) is 4.01. The first-order chi connectivity index (χ1) is 9.10. The summed E-state index contributed by atoms with van der Waals surface area (Å²) < 4.78 is 13.3. The van der Waals surface area contributed by atoms with E-state index in [1.165, 1.54) is 12.3 Å². The lowest BCUT2D eigenvalue weighted by Gasteiger charge is -2.19. The van der Waals surface area contributed by atoms with Gasteiger partial charge in [0.1, 0.15) is 5.82 Å². The van der Waals surface area contributed by atoms with Crippen molar-refractivity contribution in [2.45, 2.75) is 19.9 Å². The summed E-state index contributed by atoms with van der Waals surface area (Å²) in [6.45, 7) is 4.77. The lowest BCUT2D eigenvalue weighted by molar-refractivity contribution is 0.596. The van der Waals surface area contributed by atoms with Crippen LogP contribution in [0.1, 0.15) is 29.7 Å². The van der Waals surface area contributed by atoms with E-state index in [2.05, 4.69) is 10.3 Å². The molecule has 0 fully saturated rings. The van der Waals surface area contributed by atoms with Crippen LogP contribution in [-0.4, -0.2) is 11.5 Å². The second-order valence-corrected chi connectivity index (χ2v) is 4.93. The Morgan fingerprint density at radius 3 is 2.63 bits per heavy atom. The fourth-order valence-electron chi connectivity index (χ4n) is 2.15. The summed E-state index contributed by atoms with van der Waals surface area (Å²) in [5.41, 5.74) is 2.89. The summed E-state index contributed by atoms with van der Waals surface area (Å²) >= 11 is 6.10. The number of hydrogen-bond acceptors (Lipinski definition) is 2. The molecule has 0 saturated carbocycles. The maximum atomic E-state index is 13.3. The topological polar surface area (TPSA) is 24.9 Å². The second kappa shape index (κ2) is 6.13. The predicted octanol–water partition coefficient (Wildman–Crippen LogP) is 3.88. The molecule has 1 N–H and O–H groups in total. The highest BCUT2D eigenvalue weighted by Gasteiger charge is 2.15. The molecule has 100 valence electrons. The average molecular weight is 279 g/mol. The zero-order valence-corrected chi connectivity index (χ0v) is 11.7. The van der Waals surface area contributed by atoms with Crippen molar-refractivity contribution in [3.63, 3.8) is 0 Å². The van der Waals surface area contributed by atoms with Gasteiger partial charge in [0.05, 0.1) is 12.2 Å². The van der Waals surface area contributed by atoms with Crippen LogP contribution in [0.25, 0.3) is 0 Å². The number of benzene rings is 1. The van der Waals surface area contributed by atoms with Crippen molar-refractivity contribution in [1.82, 2.24) is 10.3 Å². The molecular weight excluding hydrogens is 263 g/mol. The number of rotatable bonds is 4. The van der Waals surface area contributed by atoms with Gasteiger partial charge in [-0.05, 0) is 48.4 Å². The van der Waals surface area contributed by atoms with Crippen molar-refractivity contribution in [2.24, 2.45) is 0 Å². The highest BCUT2D eigenvalue weighted by molar-refractivity contribution is 6.30. The maximum absolute atomic E-state index is 13.3. The van der Waals surface area contributed by atoms with E-state index in [4.69, 9.17) is 11.6 Å². The van der Waals surface area contributed by atoms with Gasteiger partial charge < -0.3 is 5.32 Å². The van der Waals surface area contributed by atoms with Gasteiger partial charge in [0.2, 0.25) is 0 Å². The third kappa shape index (κ3) is 3.52. The van der Waals surface area contributed by atoms with Gasteiger partial charge in [-0.15, -0.1) is 0 Å². The molecule has 0 aliphatic rings. The maximum Gasteiger partial charge on any atom is 0.141 e. The third-order valence-corrected chi connectivity index (χ3v) is 3.08. The van der Waals surface area contributed by atoms with Crippen molar-refractivity contribution < 1.29 is 4.39 Å². The second-order valence-electron chi connectivity index (χ2n) is 4.49. The molecule has 0 bridgehead atoms. The fraction of sp³-hybridized carbons (Fsp3) is 0.267. The Labute approximate surface area is 117 Å². The molecule has 1 atom stereocenters. The molecule has 2 nitrogen and oxygen atoms in total. The quantitative estimate of drug-likeness (QED) is 0.918. The van der Waals surface area contributed by atoms with Crippen LogP contribution in [0.2, 0.25) is 5.02 Å². The van der Waals surface area contributed by atoms with Crippen LogP contribution >= 0.6 is 11.6 Å². The highest BCUT2D eigenvalue weighted by atomic mass is 35.5. The summed E-state index contributed by atoms with van der Waals surface area (Å²) in [4.78, 5) is 3.91. The van der Waals surface area contributed by atoms with Crippen molar-refractivity contribution in [3.8, 4) is 0 Å². The molecule has 0 aliphatic heterocycles. The molecule has 0 aliphatic carbocycles. The third-order valence-electron chi connectivity index (χ3n) is 2.87. The monoisotopic (exact) mass is 278 g/mol. The SMILES string of the molecule is CCNC(c1cncc(F)c1)c1cc(C)cc(Cl)c1. The van der Waals surface area contributed by atoms with Gasteiger partial charge in [0.15, 0.2) is 0 Å². The van der Waals surface area contributed by atoms with Crippen LogP contribution in [-0.2, 0) is 0 Å². The van der Waals surface area contributed by atoms with Crippen molar-refractivity contribution in [2.75, 3.05) is 6.54 Å². The molecule has 4 heteroatoms. The lowest BCUT2D eigenvalue weighted by atomic mass is 9.98. The molecular formula is C15H16ClFN2. The van der Waals surface area contributed by atoms with Crippen molar-refractivity contribution in [3.05, 3.63) is 64.2 Å². The van der Waals surface area contributed by atoms with E-state index in [0.29, 0.717) is 5.02 Å². The van der Waals surface area contributed by atoms with Crippen molar-refractivity contribution >= 4 is 11.6 Å². The zero-order valence-electron chi connectivity index (χ0n) is 11.0. The molecule has 0 saturated heterocycles. The van der Waals surface area contributed by atoms with Crippen molar-refractivity contribution in [1.29, 1.82) is 0 Å². The van der Waals surface area contributed by atoms with Crippen LogP contribution in [0.5, 0.6) is 0 Å². The van der Waals surface area contributed by atoms with Crippen LogP contribution in [0.3, 0.4) is 0 Å². The van der Waals surface area contributed by atoms with Crippen LogP contribution in [0.4, 0.5) is 4.39 Å². The molecule has 19 heavy (non-hydrogen) atoms. The Balaban J connectivity index is 2.44. The minimum atomic E-state index is -0.334. The number of aryl methyl sites for hydroxylation is 1. The molecule has 0 amide bonds. The molecule has 1 aromatic heterocycles. The van der Waals surface area contributed by atoms with Crippen LogP contribution in [0, 0.1) is 12.7 Å². The molecule has 2 rings (SSSR count). The number of hydrogen-bond donors (Lipinski definition) is 1. The van der Waals surface area contributed by atoms with E-state index >= 15 is 0 Å². The summed E-state index contributed by atoms with van der Waals surface area (Å²) in [6, 6.07) is 7.23. The van der Waals surface area contributed by atoms with E-state index in [-0.39, 0.29) is 11.9 Å². The van der Waals surface area contributed by atoms with Crippen LogP contribution < -0.4 is 5.32 Å². The van der Waals surface area contributed by atoms with Gasteiger partial charge in [-0.2, -0.15) is 0 Å². The molecule has 1 heterocycles. The van der Waals surface area contributed by atoms with E-state index in [9.17, 15) is 4.39 Å². The summed E-state index contributed by atoms with van der Waals surface area (Å²) in [6.07, 6.45) is 2.88. The van der Waals surface area contributed by atoms with E-state index in [1.807, 2.05) is 32.0 Å². The molecule has 2 aromatic rings. The highest BCUT2D eigenvalue weighted by Crippen LogP contribution is 2.25. The summed E-state index contributed by atoms with van der Waals surface area (Å²) in [7, 11) is 0. The lowest BCUT2D eigenvalue weighted by Crippen LogP contribution is -2.22. The predicted molar refractivity (Wildman–Crippen MR) is 75.9 cm³/mol. The fourth-order valence-corrected chi connectivity index (χ4v) is 2.45. The number of aromatic nitrogens is 1. The van der Waals surface area contributed by atoms with Gasteiger partial charge in [-0.25, -0.2) is 4.39 Å². The van der Waals surface area contributed by atoms with E-state index in [1.54, 1.807) is 6.20 Å². The smallest absolute Gasteiger partial charge is 0.141 e. The Morgan fingerprint density at radius 2 is 2.00 bits per heavy atom. The Morgan fingerprint density at radius 1 is 1.21 bits per heavy atom. The molecule has 0 spiro atoms. The Bertz CT molecular complexity index is 552. The zero-order chi connectivity index (χ0) is 13.8. The summed E-state index contributed by atoms with van der Waals surface area (Å²) in [5.74, 6) is -0.334. The molecule has 1 aromatic carbocycles.